The minimum atomic E-state index is -1.05. The number of aliphatic hydroxyl groups excluding tert-OH is 3. The van der Waals surface area contributed by atoms with Crippen molar-refractivity contribution in [1.82, 2.24) is 0 Å². The Morgan fingerprint density at radius 1 is 1.03 bits per heavy atom. The summed E-state index contributed by atoms with van der Waals surface area (Å²) in [4.78, 5) is 0. The Kier molecular flexibility index (Phi) is 7.41. The molecule has 0 amide bonds. The SMILES string of the molecule is CCOCCc1ccc(Cc2cc([C@H]3C[C@@H](O)[C@H](O)[C@@H](CO)O3)ccc2C2CC2)cc1. The molecular formula is C26H34O5. The molecule has 0 unspecified atom stereocenters. The zero-order valence-corrected chi connectivity index (χ0v) is 18.2. The molecule has 1 saturated carbocycles. The summed E-state index contributed by atoms with van der Waals surface area (Å²) in [7, 11) is 0. The average Bonchev–Trinajstić information content (AvgIpc) is 3.62. The molecule has 5 nitrogen and oxygen atoms in total. The van der Waals surface area contributed by atoms with E-state index in [0.29, 0.717) is 12.3 Å². The van der Waals surface area contributed by atoms with E-state index in [-0.39, 0.29) is 12.7 Å². The van der Waals surface area contributed by atoms with Crippen LogP contribution in [-0.2, 0) is 22.3 Å². The largest absolute Gasteiger partial charge is 0.394 e. The minimum Gasteiger partial charge on any atom is -0.394 e. The third-order valence-corrected chi connectivity index (χ3v) is 6.46. The van der Waals surface area contributed by atoms with Crippen molar-refractivity contribution in [3.05, 3.63) is 70.3 Å². The van der Waals surface area contributed by atoms with Gasteiger partial charge in [-0.1, -0.05) is 42.5 Å². The van der Waals surface area contributed by atoms with E-state index >= 15 is 0 Å². The van der Waals surface area contributed by atoms with Gasteiger partial charge in [0.15, 0.2) is 0 Å². The van der Waals surface area contributed by atoms with Crippen molar-refractivity contribution >= 4 is 0 Å². The maximum Gasteiger partial charge on any atom is 0.110 e. The lowest BCUT2D eigenvalue weighted by molar-refractivity contribution is -0.181. The molecule has 3 N–H and O–H groups in total. The van der Waals surface area contributed by atoms with Gasteiger partial charge in [0.1, 0.15) is 12.2 Å². The van der Waals surface area contributed by atoms with Gasteiger partial charge >= 0.3 is 0 Å². The van der Waals surface area contributed by atoms with Crippen molar-refractivity contribution in [1.29, 1.82) is 0 Å². The molecule has 0 bridgehead atoms. The molecule has 0 radical (unpaired) electrons. The summed E-state index contributed by atoms with van der Waals surface area (Å²) in [6, 6.07) is 15.2. The summed E-state index contributed by atoms with van der Waals surface area (Å²) < 4.78 is 11.4. The number of benzene rings is 2. The van der Waals surface area contributed by atoms with Crippen LogP contribution in [0.3, 0.4) is 0 Å². The minimum absolute atomic E-state index is 0.308. The Morgan fingerprint density at radius 2 is 1.77 bits per heavy atom. The van der Waals surface area contributed by atoms with Crippen LogP contribution in [0.4, 0.5) is 0 Å². The van der Waals surface area contributed by atoms with Crippen LogP contribution in [0.5, 0.6) is 0 Å². The van der Waals surface area contributed by atoms with Crippen LogP contribution in [0, 0.1) is 0 Å². The second kappa shape index (κ2) is 10.2. The molecule has 31 heavy (non-hydrogen) atoms. The van der Waals surface area contributed by atoms with E-state index in [4.69, 9.17) is 9.47 Å². The van der Waals surface area contributed by atoms with E-state index in [1.807, 2.05) is 6.92 Å². The van der Waals surface area contributed by atoms with Gasteiger partial charge in [0.05, 0.1) is 25.4 Å². The molecule has 2 aliphatic rings. The highest BCUT2D eigenvalue weighted by Crippen LogP contribution is 2.43. The predicted molar refractivity (Wildman–Crippen MR) is 119 cm³/mol. The van der Waals surface area contributed by atoms with Gasteiger partial charge < -0.3 is 24.8 Å². The monoisotopic (exact) mass is 426 g/mol. The maximum atomic E-state index is 10.2. The molecule has 2 aromatic carbocycles. The first kappa shape index (κ1) is 22.4. The lowest BCUT2D eigenvalue weighted by atomic mass is 9.89. The highest BCUT2D eigenvalue weighted by atomic mass is 16.5. The number of hydrogen-bond donors (Lipinski definition) is 3. The summed E-state index contributed by atoms with van der Waals surface area (Å²) in [6.07, 6.45) is 1.55. The smallest absolute Gasteiger partial charge is 0.110 e. The maximum absolute atomic E-state index is 10.2. The number of hydrogen-bond acceptors (Lipinski definition) is 5. The van der Waals surface area contributed by atoms with Crippen molar-refractivity contribution in [2.75, 3.05) is 19.8 Å². The van der Waals surface area contributed by atoms with Crippen LogP contribution in [0.1, 0.15) is 66.0 Å². The summed E-state index contributed by atoms with van der Waals surface area (Å²) >= 11 is 0. The summed E-state index contributed by atoms with van der Waals surface area (Å²) in [5.74, 6) is 0.638. The van der Waals surface area contributed by atoms with E-state index in [1.54, 1.807) is 0 Å². The van der Waals surface area contributed by atoms with Gasteiger partial charge in [-0.25, -0.2) is 0 Å². The van der Waals surface area contributed by atoms with Gasteiger partial charge in [-0.3, -0.25) is 0 Å². The van der Waals surface area contributed by atoms with Crippen molar-refractivity contribution < 1.29 is 24.8 Å². The molecule has 5 heteroatoms. The third kappa shape index (κ3) is 5.54. The summed E-state index contributed by atoms with van der Waals surface area (Å²) in [6.45, 7) is 3.20. The quantitative estimate of drug-likeness (QED) is 0.537. The predicted octanol–water partition coefficient (Wildman–Crippen LogP) is 3.28. The van der Waals surface area contributed by atoms with Crippen LogP contribution in [0.25, 0.3) is 0 Å². The summed E-state index contributed by atoms with van der Waals surface area (Å²) in [5, 5.41) is 29.8. The van der Waals surface area contributed by atoms with Gasteiger partial charge in [-0.05, 0) is 66.3 Å². The van der Waals surface area contributed by atoms with E-state index in [9.17, 15) is 15.3 Å². The Hall–Kier alpha value is -1.76. The third-order valence-electron chi connectivity index (χ3n) is 6.46. The van der Waals surface area contributed by atoms with E-state index in [0.717, 1.165) is 31.6 Å². The molecule has 4 atom stereocenters. The van der Waals surface area contributed by atoms with Gasteiger partial charge in [-0.15, -0.1) is 0 Å². The molecule has 1 aliphatic heterocycles. The zero-order chi connectivity index (χ0) is 21.8. The first-order valence-corrected chi connectivity index (χ1v) is 11.5. The van der Waals surface area contributed by atoms with E-state index in [1.165, 1.54) is 35.1 Å². The molecule has 1 saturated heterocycles. The highest BCUT2D eigenvalue weighted by Gasteiger charge is 2.37. The highest BCUT2D eigenvalue weighted by molar-refractivity contribution is 5.41. The molecule has 1 aliphatic carbocycles. The van der Waals surface area contributed by atoms with Crippen molar-refractivity contribution in [3.8, 4) is 0 Å². The van der Waals surface area contributed by atoms with Gasteiger partial charge in [-0.2, -0.15) is 0 Å². The van der Waals surface area contributed by atoms with Crippen LogP contribution in [0.15, 0.2) is 42.5 Å². The van der Waals surface area contributed by atoms with Crippen molar-refractivity contribution in [3.63, 3.8) is 0 Å². The van der Waals surface area contributed by atoms with Gasteiger partial charge in [0.25, 0.3) is 0 Å². The lowest BCUT2D eigenvalue weighted by Crippen LogP contribution is -2.47. The fourth-order valence-corrected chi connectivity index (χ4v) is 4.47. The number of rotatable bonds is 9. The molecule has 4 rings (SSSR count). The number of aliphatic hydroxyl groups is 3. The summed E-state index contributed by atoms with van der Waals surface area (Å²) in [5.41, 5.74) is 6.25. The average molecular weight is 427 g/mol. The Labute approximate surface area is 184 Å². The Morgan fingerprint density at radius 3 is 2.45 bits per heavy atom. The molecule has 2 fully saturated rings. The van der Waals surface area contributed by atoms with Crippen LogP contribution >= 0.6 is 0 Å². The molecule has 2 aromatic rings. The Bertz CT molecular complexity index is 845. The fourth-order valence-electron chi connectivity index (χ4n) is 4.47. The molecule has 0 aromatic heterocycles. The normalized spacial score (nSPS) is 26.2. The van der Waals surface area contributed by atoms with E-state index in [2.05, 4.69) is 42.5 Å². The topological polar surface area (TPSA) is 79.2 Å². The van der Waals surface area contributed by atoms with Gasteiger partial charge in [0, 0.05) is 13.0 Å². The van der Waals surface area contributed by atoms with Crippen LogP contribution in [-0.4, -0.2) is 53.5 Å². The van der Waals surface area contributed by atoms with Crippen molar-refractivity contribution in [2.24, 2.45) is 0 Å². The molecular weight excluding hydrogens is 392 g/mol. The van der Waals surface area contributed by atoms with Crippen LogP contribution in [0.2, 0.25) is 0 Å². The van der Waals surface area contributed by atoms with Gasteiger partial charge in [0.2, 0.25) is 0 Å². The first-order valence-electron chi connectivity index (χ1n) is 11.5. The van der Waals surface area contributed by atoms with Crippen LogP contribution < -0.4 is 0 Å². The standard InChI is InChI=1S/C26H34O5/c1-2-30-12-11-17-3-5-18(6-4-17)13-21-14-20(9-10-22(21)19-7-8-19)24-15-23(28)26(29)25(16-27)31-24/h3-6,9-10,14,19,23-29H,2,7-8,11-13,15-16H2,1H3/t23-,24-,25-,26+/m1/s1. The lowest BCUT2D eigenvalue weighted by Gasteiger charge is -2.36. The van der Waals surface area contributed by atoms with E-state index < -0.39 is 18.3 Å². The second-order valence-corrected chi connectivity index (χ2v) is 8.81. The first-order chi connectivity index (χ1) is 15.1. The zero-order valence-electron chi connectivity index (χ0n) is 18.2. The molecule has 168 valence electrons. The Balaban J connectivity index is 1.51. The second-order valence-electron chi connectivity index (χ2n) is 8.81. The fraction of sp³-hybridized carbons (Fsp3) is 0.538. The number of ether oxygens (including phenoxy) is 2. The molecule has 1 heterocycles. The molecule has 0 spiro atoms. The van der Waals surface area contributed by atoms with Crippen molar-refractivity contribution in [2.45, 2.75) is 69.4 Å².